The van der Waals surface area contributed by atoms with Crippen LogP contribution in [0.4, 0.5) is 5.69 Å². The number of sulfonamides is 1. The fraction of sp³-hybridized carbons (Fsp3) is 0.400. The SMILES string of the molecule is CC[Si](CC)(CC)O[C@@H](CNC(Cc1ccccc1)c1ccc2c(c1)OCO2)c1ccc(Cl)c(NS(C)(=O)=O)c1. The van der Waals surface area contributed by atoms with Crippen LogP contribution in [0.25, 0.3) is 0 Å². The number of hydrogen-bond donors (Lipinski definition) is 2. The fourth-order valence-corrected chi connectivity index (χ4v) is 8.70. The van der Waals surface area contributed by atoms with Crippen molar-refractivity contribution in [1.82, 2.24) is 5.32 Å². The summed E-state index contributed by atoms with van der Waals surface area (Å²) in [6, 6.07) is 24.8. The Morgan fingerprint density at radius 1 is 0.925 bits per heavy atom. The monoisotopic (exact) mass is 602 g/mol. The van der Waals surface area contributed by atoms with Gasteiger partial charge in [-0.05, 0) is 65.5 Å². The van der Waals surface area contributed by atoms with Crippen LogP contribution in [0.3, 0.4) is 0 Å². The van der Waals surface area contributed by atoms with E-state index in [2.05, 4.69) is 49.0 Å². The zero-order valence-electron chi connectivity index (χ0n) is 23.6. The van der Waals surface area contributed by atoms with Crippen molar-refractivity contribution in [3.63, 3.8) is 0 Å². The molecule has 0 aliphatic carbocycles. The van der Waals surface area contributed by atoms with Crippen LogP contribution >= 0.6 is 11.6 Å². The second kappa shape index (κ2) is 13.4. The zero-order valence-corrected chi connectivity index (χ0v) is 26.1. The van der Waals surface area contributed by atoms with Gasteiger partial charge in [-0.15, -0.1) is 0 Å². The standard InChI is InChI=1S/C30H39ClN2O5SSi/c1-5-40(6-2,7-3)38-30(24-13-15-25(31)27(18-24)33-39(4,34)35)20-32-26(17-22-11-9-8-10-12-22)23-14-16-28-29(19-23)37-21-36-28/h8-16,18-19,26,30,32-33H,5-7,17,20-21H2,1-4H3/t26?,30-/m0/s1. The summed E-state index contributed by atoms with van der Waals surface area (Å²) >= 11 is 6.37. The Bertz CT molecular complexity index is 1380. The summed E-state index contributed by atoms with van der Waals surface area (Å²) in [6.07, 6.45) is 1.59. The second-order valence-corrected chi connectivity index (χ2v) is 17.1. The van der Waals surface area contributed by atoms with Gasteiger partial charge in [0.05, 0.1) is 23.1 Å². The number of ether oxygens (including phenoxy) is 2. The maximum atomic E-state index is 12.0. The van der Waals surface area contributed by atoms with Crippen molar-refractivity contribution in [2.24, 2.45) is 0 Å². The van der Waals surface area contributed by atoms with Crippen molar-refractivity contribution in [1.29, 1.82) is 0 Å². The lowest BCUT2D eigenvalue weighted by molar-refractivity contribution is 0.174. The number of halogens is 1. The van der Waals surface area contributed by atoms with E-state index in [0.29, 0.717) is 17.3 Å². The van der Waals surface area contributed by atoms with Crippen molar-refractivity contribution < 1.29 is 22.3 Å². The van der Waals surface area contributed by atoms with Gasteiger partial charge in [0.15, 0.2) is 19.8 Å². The molecule has 0 saturated heterocycles. The van der Waals surface area contributed by atoms with Crippen molar-refractivity contribution in [3.05, 3.63) is 88.4 Å². The van der Waals surface area contributed by atoms with Crippen LogP contribution < -0.4 is 19.5 Å². The Labute approximate surface area is 244 Å². The van der Waals surface area contributed by atoms with Gasteiger partial charge in [-0.3, -0.25) is 4.72 Å². The van der Waals surface area contributed by atoms with E-state index < -0.39 is 18.3 Å². The third-order valence-corrected chi connectivity index (χ3v) is 13.2. The Hall–Kier alpha value is -2.56. The van der Waals surface area contributed by atoms with E-state index in [-0.39, 0.29) is 18.9 Å². The summed E-state index contributed by atoms with van der Waals surface area (Å²) in [4.78, 5) is 0. The molecule has 4 rings (SSSR count). The average Bonchev–Trinajstić information content (AvgIpc) is 3.42. The molecular weight excluding hydrogens is 564 g/mol. The number of anilines is 1. The van der Waals surface area contributed by atoms with E-state index in [0.717, 1.165) is 53.4 Å². The van der Waals surface area contributed by atoms with Crippen LogP contribution in [0.5, 0.6) is 11.5 Å². The molecule has 7 nitrogen and oxygen atoms in total. The minimum Gasteiger partial charge on any atom is -0.454 e. The second-order valence-electron chi connectivity index (χ2n) is 10.2. The number of nitrogens with one attached hydrogen (secondary N) is 2. The van der Waals surface area contributed by atoms with E-state index in [1.165, 1.54) is 5.56 Å². The minimum atomic E-state index is -3.50. The molecule has 0 aromatic heterocycles. The molecule has 0 bridgehead atoms. The van der Waals surface area contributed by atoms with Gasteiger partial charge in [0.25, 0.3) is 0 Å². The molecule has 1 heterocycles. The van der Waals surface area contributed by atoms with Crippen molar-refractivity contribution in [2.75, 3.05) is 24.3 Å². The van der Waals surface area contributed by atoms with E-state index in [4.69, 9.17) is 25.5 Å². The fourth-order valence-electron chi connectivity index (χ4n) is 5.09. The number of benzene rings is 3. The predicted octanol–water partition coefficient (Wildman–Crippen LogP) is 7.08. The molecule has 2 atom stereocenters. The largest absolute Gasteiger partial charge is 0.454 e. The molecule has 2 N–H and O–H groups in total. The highest BCUT2D eigenvalue weighted by atomic mass is 35.5. The van der Waals surface area contributed by atoms with Crippen LogP contribution in [0.1, 0.15) is 49.6 Å². The Morgan fingerprint density at radius 3 is 2.27 bits per heavy atom. The third kappa shape index (κ3) is 7.79. The van der Waals surface area contributed by atoms with Crippen LogP contribution in [0, 0.1) is 0 Å². The normalized spacial score (nSPS) is 14.6. The highest BCUT2D eigenvalue weighted by Gasteiger charge is 2.33. The van der Waals surface area contributed by atoms with Crippen molar-refractivity contribution in [3.8, 4) is 11.5 Å². The lowest BCUT2D eigenvalue weighted by Gasteiger charge is -2.35. The van der Waals surface area contributed by atoms with Gasteiger partial charge in [0.2, 0.25) is 16.8 Å². The van der Waals surface area contributed by atoms with Crippen LogP contribution in [0.15, 0.2) is 66.7 Å². The predicted molar refractivity (Wildman–Crippen MR) is 164 cm³/mol. The van der Waals surface area contributed by atoms with Crippen molar-refractivity contribution >= 4 is 35.6 Å². The molecule has 1 aliphatic heterocycles. The minimum absolute atomic E-state index is 0.0233. The molecule has 216 valence electrons. The Balaban J connectivity index is 1.67. The number of fused-ring (bicyclic) bond motifs is 1. The van der Waals surface area contributed by atoms with Gasteiger partial charge in [-0.25, -0.2) is 8.42 Å². The third-order valence-electron chi connectivity index (χ3n) is 7.61. The molecule has 40 heavy (non-hydrogen) atoms. The van der Waals surface area contributed by atoms with E-state index in [1.54, 1.807) is 12.1 Å². The molecule has 3 aromatic rings. The lowest BCUT2D eigenvalue weighted by atomic mass is 9.97. The van der Waals surface area contributed by atoms with Gasteiger partial charge < -0.3 is 19.2 Å². The van der Waals surface area contributed by atoms with Crippen LogP contribution in [0.2, 0.25) is 23.2 Å². The zero-order chi connectivity index (χ0) is 28.8. The first-order valence-corrected chi connectivity index (χ1v) is 18.6. The first kappa shape index (κ1) is 30.4. The van der Waals surface area contributed by atoms with Gasteiger partial charge in [0, 0.05) is 12.6 Å². The average molecular weight is 603 g/mol. The molecule has 0 saturated carbocycles. The summed E-state index contributed by atoms with van der Waals surface area (Å²) in [5, 5.41) is 4.12. The van der Waals surface area contributed by atoms with E-state index >= 15 is 0 Å². The summed E-state index contributed by atoms with van der Waals surface area (Å²) in [5.74, 6) is 1.49. The molecule has 10 heteroatoms. The quantitative estimate of drug-likeness (QED) is 0.192. The van der Waals surface area contributed by atoms with Crippen LogP contribution in [-0.4, -0.2) is 36.3 Å². The molecular formula is C30H39ClN2O5SSi. The molecule has 0 fully saturated rings. The maximum Gasteiger partial charge on any atom is 0.231 e. The van der Waals surface area contributed by atoms with Gasteiger partial charge >= 0.3 is 0 Å². The number of hydrogen-bond acceptors (Lipinski definition) is 6. The highest BCUT2D eigenvalue weighted by molar-refractivity contribution is 7.92. The molecule has 0 spiro atoms. The summed E-state index contributed by atoms with van der Waals surface area (Å²) in [7, 11) is -5.53. The molecule has 0 radical (unpaired) electrons. The topological polar surface area (TPSA) is 85.9 Å². The van der Waals surface area contributed by atoms with Gasteiger partial charge in [0.1, 0.15) is 0 Å². The first-order valence-electron chi connectivity index (χ1n) is 13.8. The molecule has 1 unspecified atom stereocenters. The summed E-state index contributed by atoms with van der Waals surface area (Å²) < 4.78 is 44.8. The molecule has 3 aromatic carbocycles. The van der Waals surface area contributed by atoms with Crippen molar-refractivity contribution in [2.45, 2.75) is 57.5 Å². The van der Waals surface area contributed by atoms with E-state index in [1.807, 2.05) is 36.4 Å². The molecule has 1 aliphatic rings. The maximum absolute atomic E-state index is 12.0. The molecule has 0 amide bonds. The first-order chi connectivity index (χ1) is 19.1. The number of rotatable bonds is 14. The summed E-state index contributed by atoms with van der Waals surface area (Å²) in [6.45, 7) is 7.36. The Kier molecular flexibility index (Phi) is 10.2. The van der Waals surface area contributed by atoms with Crippen LogP contribution in [-0.2, 0) is 20.9 Å². The smallest absolute Gasteiger partial charge is 0.231 e. The highest BCUT2D eigenvalue weighted by Crippen LogP contribution is 2.36. The Morgan fingerprint density at radius 2 is 1.60 bits per heavy atom. The lowest BCUT2D eigenvalue weighted by Crippen LogP contribution is -2.40. The summed E-state index contributed by atoms with van der Waals surface area (Å²) in [5.41, 5.74) is 3.52. The van der Waals surface area contributed by atoms with Gasteiger partial charge in [-0.2, -0.15) is 0 Å². The van der Waals surface area contributed by atoms with Gasteiger partial charge in [-0.1, -0.05) is 74.8 Å². The van der Waals surface area contributed by atoms with E-state index in [9.17, 15) is 8.42 Å².